The molecule has 6 heteroatoms. The lowest BCUT2D eigenvalue weighted by molar-refractivity contribution is 0.162. The number of amides is 2. The van der Waals surface area contributed by atoms with E-state index in [2.05, 4.69) is 21.3 Å². The fourth-order valence-corrected chi connectivity index (χ4v) is 3.76. The summed E-state index contributed by atoms with van der Waals surface area (Å²) in [6.45, 7) is 5.18. The molecule has 3 fully saturated rings. The lowest BCUT2D eigenvalue weighted by Crippen LogP contribution is -2.43. The Hall–Kier alpha value is -1.82. The van der Waals surface area contributed by atoms with E-state index in [0.29, 0.717) is 18.5 Å². The highest BCUT2D eigenvalue weighted by Gasteiger charge is 2.34. The summed E-state index contributed by atoms with van der Waals surface area (Å²) in [4.78, 5) is 21.5. The van der Waals surface area contributed by atoms with Crippen molar-refractivity contribution in [2.24, 2.45) is 5.92 Å². The van der Waals surface area contributed by atoms with Crippen molar-refractivity contribution in [3.8, 4) is 0 Å². The van der Waals surface area contributed by atoms with Gasteiger partial charge in [0.25, 0.3) is 0 Å². The minimum absolute atomic E-state index is 0.0638. The van der Waals surface area contributed by atoms with E-state index >= 15 is 0 Å². The molecular formula is C19H28N4O2. The molecule has 3 aliphatic rings. The fraction of sp³-hybridized carbons (Fsp3) is 0.684. The van der Waals surface area contributed by atoms with Gasteiger partial charge in [-0.2, -0.15) is 0 Å². The van der Waals surface area contributed by atoms with Crippen molar-refractivity contribution in [1.29, 1.82) is 0 Å². The number of nitrogens with zero attached hydrogens (tertiary/aromatic N) is 3. The number of urea groups is 1. The van der Waals surface area contributed by atoms with Crippen LogP contribution in [0.25, 0.3) is 0 Å². The van der Waals surface area contributed by atoms with Gasteiger partial charge in [-0.1, -0.05) is 0 Å². The Bertz CT molecular complexity index is 593. The summed E-state index contributed by atoms with van der Waals surface area (Å²) in [7, 11) is 0. The van der Waals surface area contributed by atoms with Crippen molar-refractivity contribution < 1.29 is 9.53 Å². The van der Waals surface area contributed by atoms with Gasteiger partial charge in [-0.05, 0) is 49.8 Å². The third kappa shape index (κ3) is 4.24. The monoisotopic (exact) mass is 344 g/mol. The molecule has 0 aromatic carbocycles. The third-order valence-corrected chi connectivity index (χ3v) is 5.41. The van der Waals surface area contributed by atoms with Gasteiger partial charge in [0, 0.05) is 50.9 Å². The number of carbonyl (C=O) groups excluding carboxylic acids is 1. The highest BCUT2D eigenvalue weighted by Crippen LogP contribution is 2.29. The van der Waals surface area contributed by atoms with Crippen LogP contribution in [0.2, 0.25) is 0 Å². The molecule has 25 heavy (non-hydrogen) atoms. The van der Waals surface area contributed by atoms with Gasteiger partial charge in [0.2, 0.25) is 0 Å². The van der Waals surface area contributed by atoms with Crippen molar-refractivity contribution >= 4 is 11.8 Å². The van der Waals surface area contributed by atoms with Gasteiger partial charge in [-0.3, -0.25) is 0 Å². The van der Waals surface area contributed by atoms with Crippen molar-refractivity contribution in [1.82, 2.24) is 15.2 Å². The van der Waals surface area contributed by atoms with Crippen LogP contribution in [0, 0.1) is 5.92 Å². The van der Waals surface area contributed by atoms with E-state index in [4.69, 9.17) is 4.74 Å². The van der Waals surface area contributed by atoms with Crippen LogP contribution in [0.5, 0.6) is 0 Å². The van der Waals surface area contributed by atoms with Crippen LogP contribution in [0.4, 0.5) is 10.6 Å². The number of anilines is 1. The molecule has 1 saturated carbocycles. The molecule has 1 aromatic heterocycles. The predicted octanol–water partition coefficient (Wildman–Crippen LogP) is 2.39. The van der Waals surface area contributed by atoms with E-state index in [0.717, 1.165) is 63.5 Å². The molecule has 1 atom stereocenters. The van der Waals surface area contributed by atoms with E-state index in [1.54, 1.807) is 0 Å². The molecule has 1 aliphatic carbocycles. The molecule has 136 valence electrons. The number of nitrogens with one attached hydrogen (secondary N) is 1. The molecule has 0 spiro atoms. The first-order chi connectivity index (χ1) is 12.3. The summed E-state index contributed by atoms with van der Waals surface area (Å²) in [5.41, 5.74) is 1.12. The molecule has 6 nitrogen and oxygen atoms in total. The van der Waals surface area contributed by atoms with Crippen molar-refractivity contribution in [2.45, 2.75) is 44.7 Å². The molecule has 4 rings (SSSR count). The standard InChI is InChI=1S/C19H28N4O2/c24-19(23(17-3-4-17)13-16-6-10-25-14-16)21-12-15-5-7-20-18(11-15)22-8-1-2-9-22/h5,7,11,16-17H,1-4,6,8-10,12-14H2,(H,21,24)/t16-/m1/s1. The molecule has 0 unspecified atom stereocenters. The Labute approximate surface area is 149 Å². The zero-order chi connectivity index (χ0) is 17.1. The smallest absolute Gasteiger partial charge is 0.317 e. The van der Waals surface area contributed by atoms with Crippen LogP contribution in [-0.2, 0) is 11.3 Å². The first-order valence-electron chi connectivity index (χ1n) is 9.62. The second kappa shape index (κ2) is 7.60. The number of carbonyl (C=O) groups is 1. The minimum atomic E-state index is 0.0638. The fourth-order valence-electron chi connectivity index (χ4n) is 3.76. The van der Waals surface area contributed by atoms with E-state index in [9.17, 15) is 4.79 Å². The van der Waals surface area contributed by atoms with Gasteiger partial charge in [0.15, 0.2) is 0 Å². The highest BCUT2D eigenvalue weighted by molar-refractivity contribution is 5.75. The second-order valence-electron chi connectivity index (χ2n) is 7.49. The second-order valence-corrected chi connectivity index (χ2v) is 7.49. The summed E-state index contributed by atoms with van der Waals surface area (Å²) in [5, 5.41) is 3.11. The number of ether oxygens (including phenoxy) is 1. The molecule has 2 aliphatic heterocycles. The van der Waals surface area contributed by atoms with E-state index in [-0.39, 0.29) is 6.03 Å². The van der Waals surface area contributed by atoms with E-state index < -0.39 is 0 Å². The Balaban J connectivity index is 1.33. The first kappa shape index (κ1) is 16.6. The molecule has 2 saturated heterocycles. The molecule has 2 amide bonds. The average Bonchev–Trinajstić information content (AvgIpc) is 3.12. The lowest BCUT2D eigenvalue weighted by atomic mass is 10.1. The molecule has 1 aromatic rings. The maximum absolute atomic E-state index is 12.7. The maximum Gasteiger partial charge on any atom is 0.317 e. The zero-order valence-electron chi connectivity index (χ0n) is 14.8. The normalized spacial score (nSPS) is 23.0. The minimum Gasteiger partial charge on any atom is -0.381 e. The summed E-state index contributed by atoms with van der Waals surface area (Å²) in [5.74, 6) is 1.53. The molecule has 0 radical (unpaired) electrons. The van der Waals surface area contributed by atoms with E-state index in [1.165, 1.54) is 12.8 Å². The predicted molar refractivity (Wildman–Crippen MR) is 96.6 cm³/mol. The number of hydrogen-bond donors (Lipinski definition) is 1. The maximum atomic E-state index is 12.7. The quantitative estimate of drug-likeness (QED) is 0.861. The Kier molecular flexibility index (Phi) is 5.06. The molecule has 0 bridgehead atoms. The topological polar surface area (TPSA) is 57.7 Å². The number of rotatable bonds is 6. The van der Waals surface area contributed by atoms with Crippen molar-refractivity contribution in [3.63, 3.8) is 0 Å². The van der Waals surface area contributed by atoms with Crippen molar-refractivity contribution in [3.05, 3.63) is 23.9 Å². The third-order valence-electron chi connectivity index (χ3n) is 5.41. The highest BCUT2D eigenvalue weighted by atomic mass is 16.5. The summed E-state index contributed by atoms with van der Waals surface area (Å²) < 4.78 is 5.46. The average molecular weight is 344 g/mol. The Morgan fingerprint density at radius 2 is 2.16 bits per heavy atom. The van der Waals surface area contributed by atoms with Crippen LogP contribution in [0.15, 0.2) is 18.3 Å². The van der Waals surface area contributed by atoms with Gasteiger partial charge in [-0.15, -0.1) is 0 Å². The van der Waals surface area contributed by atoms with Crippen LogP contribution in [0.1, 0.15) is 37.7 Å². The lowest BCUT2D eigenvalue weighted by Gasteiger charge is -2.25. The van der Waals surface area contributed by atoms with Crippen LogP contribution in [-0.4, -0.2) is 54.8 Å². The van der Waals surface area contributed by atoms with Gasteiger partial charge in [-0.25, -0.2) is 9.78 Å². The molecular weight excluding hydrogens is 316 g/mol. The molecule has 1 N–H and O–H groups in total. The summed E-state index contributed by atoms with van der Waals surface area (Å²) in [6, 6.07) is 4.59. The van der Waals surface area contributed by atoms with Crippen LogP contribution < -0.4 is 10.2 Å². The van der Waals surface area contributed by atoms with Gasteiger partial charge in [0.1, 0.15) is 5.82 Å². The zero-order valence-corrected chi connectivity index (χ0v) is 14.8. The molecule has 3 heterocycles. The Morgan fingerprint density at radius 1 is 1.32 bits per heavy atom. The number of aromatic nitrogens is 1. The van der Waals surface area contributed by atoms with Gasteiger partial charge in [0.05, 0.1) is 6.61 Å². The van der Waals surface area contributed by atoms with E-state index in [1.807, 2.05) is 17.2 Å². The summed E-state index contributed by atoms with van der Waals surface area (Å²) >= 11 is 0. The number of hydrogen-bond acceptors (Lipinski definition) is 4. The number of pyridine rings is 1. The summed E-state index contributed by atoms with van der Waals surface area (Å²) in [6.07, 6.45) is 7.67. The van der Waals surface area contributed by atoms with Crippen molar-refractivity contribution in [2.75, 3.05) is 37.7 Å². The SMILES string of the molecule is O=C(NCc1ccnc(N2CCCC2)c1)N(C[C@H]1CCOC1)C1CC1. The largest absolute Gasteiger partial charge is 0.381 e. The van der Waals surface area contributed by atoms with Crippen LogP contribution >= 0.6 is 0 Å². The van der Waals surface area contributed by atoms with Gasteiger partial charge < -0.3 is 19.9 Å². The van der Waals surface area contributed by atoms with Crippen LogP contribution in [0.3, 0.4) is 0 Å². The van der Waals surface area contributed by atoms with Gasteiger partial charge >= 0.3 is 6.03 Å². The Morgan fingerprint density at radius 3 is 2.88 bits per heavy atom. The first-order valence-corrected chi connectivity index (χ1v) is 9.62.